The van der Waals surface area contributed by atoms with E-state index in [-0.39, 0.29) is 0 Å². The number of nitrogens with one attached hydrogen (secondary N) is 1. The summed E-state index contributed by atoms with van der Waals surface area (Å²) >= 11 is 0. The van der Waals surface area contributed by atoms with E-state index in [1.54, 1.807) is 14.2 Å². The number of methoxy groups -OCH3 is 2. The molecule has 1 atom stereocenters. The van der Waals surface area contributed by atoms with E-state index in [1.807, 2.05) is 7.05 Å². The third-order valence-corrected chi connectivity index (χ3v) is 5.22. The number of guanidine groups is 1. The lowest BCUT2D eigenvalue weighted by Gasteiger charge is -2.34. The Hall–Kier alpha value is -1.95. The second-order valence-electron chi connectivity index (χ2n) is 6.65. The highest BCUT2D eigenvalue weighted by molar-refractivity contribution is 5.80. The summed E-state index contributed by atoms with van der Waals surface area (Å²) in [6, 6.07) is 4.67. The van der Waals surface area contributed by atoms with Gasteiger partial charge in [0.05, 0.1) is 14.2 Å². The van der Waals surface area contributed by atoms with E-state index in [9.17, 15) is 0 Å². The molecule has 146 valence electrons. The summed E-state index contributed by atoms with van der Waals surface area (Å²) in [5.74, 6) is 2.55. The fraction of sp³-hybridized carbons (Fsp3) is 0.650. The summed E-state index contributed by atoms with van der Waals surface area (Å²) in [5, 5.41) is 3.55. The van der Waals surface area contributed by atoms with Gasteiger partial charge in [-0.05, 0) is 49.7 Å². The Labute approximate surface area is 158 Å². The van der Waals surface area contributed by atoms with Gasteiger partial charge in [-0.3, -0.25) is 9.89 Å². The lowest BCUT2D eigenvalue weighted by atomic mass is 9.99. The minimum Gasteiger partial charge on any atom is -0.493 e. The van der Waals surface area contributed by atoms with Crippen LogP contribution in [0, 0.1) is 0 Å². The van der Waals surface area contributed by atoms with E-state index in [2.05, 4.69) is 53.0 Å². The number of rotatable bonds is 7. The number of likely N-dealkylation sites (N-methyl/N-ethyl adjacent to an activating group) is 1. The average Bonchev–Trinajstić information content (AvgIpc) is 2.68. The molecule has 0 aliphatic carbocycles. The Balaban J connectivity index is 2.06. The molecule has 1 aliphatic heterocycles. The molecule has 0 aromatic heterocycles. The van der Waals surface area contributed by atoms with Crippen LogP contribution in [0.2, 0.25) is 0 Å². The summed E-state index contributed by atoms with van der Waals surface area (Å²) in [6.07, 6.45) is 0.974. The molecule has 1 N–H and O–H groups in total. The van der Waals surface area contributed by atoms with Crippen molar-refractivity contribution in [2.45, 2.75) is 39.8 Å². The van der Waals surface area contributed by atoms with Crippen molar-refractivity contribution in [1.82, 2.24) is 15.1 Å². The second kappa shape index (κ2) is 9.67. The summed E-state index contributed by atoms with van der Waals surface area (Å²) in [7, 11) is 5.22. The SMILES string of the molecule is CCN(CC)C(C)CNC(=NC)N1CCc2cc(OC)c(OC)cc2C1. The minimum atomic E-state index is 0.475. The maximum absolute atomic E-state index is 5.46. The van der Waals surface area contributed by atoms with Gasteiger partial charge in [-0.25, -0.2) is 0 Å². The molecule has 1 unspecified atom stereocenters. The first kappa shape index (κ1) is 20.4. The highest BCUT2D eigenvalue weighted by Gasteiger charge is 2.22. The topological polar surface area (TPSA) is 49.3 Å². The highest BCUT2D eigenvalue weighted by atomic mass is 16.5. The van der Waals surface area contributed by atoms with Gasteiger partial charge in [-0.2, -0.15) is 0 Å². The van der Waals surface area contributed by atoms with Crippen molar-refractivity contribution in [1.29, 1.82) is 0 Å². The predicted octanol–water partition coefficient (Wildman–Crippen LogP) is 2.37. The van der Waals surface area contributed by atoms with Gasteiger partial charge in [0.2, 0.25) is 0 Å². The summed E-state index contributed by atoms with van der Waals surface area (Å²) in [4.78, 5) is 9.26. The summed E-state index contributed by atoms with van der Waals surface area (Å²) in [6.45, 7) is 11.5. The largest absolute Gasteiger partial charge is 0.493 e. The fourth-order valence-corrected chi connectivity index (χ4v) is 3.61. The molecule has 6 nitrogen and oxygen atoms in total. The Morgan fingerprint density at radius 2 is 1.81 bits per heavy atom. The average molecular weight is 363 g/mol. The van der Waals surface area contributed by atoms with Crippen molar-refractivity contribution in [2.75, 3.05) is 47.4 Å². The van der Waals surface area contributed by atoms with Crippen molar-refractivity contribution < 1.29 is 9.47 Å². The normalized spacial score (nSPS) is 15.7. The molecular weight excluding hydrogens is 328 g/mol. The van der Waals surface area contributed by atoms with Crippen molar-refractivity contribution in [3.63, 3.8) is 0 Å². The zero-order valence-electron chi connectivity index (χ0n) is 17.1. The van der Waals surface area contributed by atoms with Crippen LogP contribution in [0.3, 0.4) is 0 Å². The molecule has 0 amide bonds. The molecule has 26 heavy (non-hydrogen) atoms. The number of fused-ring (bicyclic) bond motifs is 1. The quantitative estimate of drug-likeness (QED) is 0.596. The molecule has 1 aromatic carbocycles. The first-order chi connectivity index (χ1) is 12.6. The molecule has 0 saturated carbocycles. The van der Waals surface area contributed by atoms with Crippen LogP contribution in [0.15, 0.2) is 17.1 Å². The van der Waals surface area contributed by atoms with E-state index >= 15 is 0 Å². The van der Waals surface area contributed by atoms with Crippen molar-refractivity contribution in [3.8, 4) is 11.5 Å². The van der Waals surface area contributed by atoms with E-state index in [4.69, 9.17) is 9.47 Å². The first-order valence-corrected chi connectivity index (χ1v) is 9.51. The maximum atomic E-state index is 5.46. The van der Waals surface area contributed by atoms with Crippen molar-refractivity contribution >= 4 is 5.96 Å². The summed E-state index contributed by atoms with van der Waals surface area (Å²) in [5.41, 5.74) is 2.60. The number of nitrogens with zero attached hydrogens (tertiary/aromatic N) is 3. The fourth-order valence-electron chi connectivity index (χ4n) is 3.61. The number of hydrogen-bond donors (Lipinski definition) is 1. The molecule has 0 fully saturated rings. The highest BCUT2D eigenvalue weighted by Crippen LogP contribution is 2.33. The Morgan fingerprint density at radius 1 is 1.19 bits per heavy atom. The predicted molar refractivity (Wildman–Crippen MR) is 107 cm³/mol. The number of ether oxygens (including phenoxy) is 2. The third-order valence-electron chi connectivity index (χ3n) is 5.22. The summed E-state index contributed by atoms with van der Waals surface area (Å²) < 4.78 is 10.9. The molecule has 2 rings (SSSR count). The zero-order chi connectivity index (χ0) is 19.1. The smallest absolute Gasteiger partial charge is 0.194 e. The van der Waals surface area contributed by atoms with Gasteiger partial charge in [-0.1, -0.05) is 13.8 Å². The third kappa shape index (κ3) is 4.61. The molecule has 6 heteroatoms. The molecule has 0 bridgehead atoms. The number of hydrogen-bond acceptors (Lipinski definition) is 4. The van der Waals surface area contributed by atoms with Crippen molar-refractivity contribution in [2.24, 2.45) is 4.99 Å². The standard InChI is InChI=1S/C20H34N4O2/c1-7-23(8-2)15(3)13-22-20(21-4)24-10-9-16-11-18(25-5)19(26-6)12-17(16)14-24/h11-12,15H,7-10,13-14H2,1-6H3,(H,21,22). The van der Waals surface area contributed by atoms with Gasteiger partial charge < -0.3 is 19.7 Å². The van der Waals surface area contributed by atoms with Crippen LogP contribution < -0.4 is 14.8 Å². The Morgan fingerprint density at radius 3 is 2.35 bits per heavy atom. The molecule has 0 saturated heterocycles. The van der Waals surface area contributed by atoms with Crippen LogP contribution >= 0.6 is 0 Å². The van der Waals surface area contributed by atoms with Gasteiger partial charge in [0.15, 0.2) is 17.5 Å². The number of benzene rings is 1. The van der Waals surface area contributed by atoms with Crippen LogP contribution in [0.25, 0.3) is 0 Å². The van der Waals surface area contributed by atoms with Crippen LogP contribution in [-0.2, 0) is 13.0 Å². The van der Waals surface area contributed by atoms with Gasteiger partial charge in [0.1, 0.15) is 0 Å². The molecular formula is C20H34N4O2. The second-order valence-corrected chi connectivity index (χ2v) is 6.65. The molecule has 1 aromatic rings. The van der Waals surface area contributed by atoms with E-state index in [1.165, 1.54) is 11.1 Å². The first-order valence-electron chi connectivity index (χ1n) is 9.51. The lowest BCUT2D eigenvalue weighted by Crippen LogP contribution is -2.48. The maximum Gasteiger partial charge on any atom is 0.194 e. The van der Waals surface area contributed by atoms with Gasteiger partial charge in [-0.15, -0.1) is 0 Å². The van der Waals surface area contributed by atoms with E-state index in [0.29, 0.717) is 6.04 Å². The Bertz CT molecular complexity index is 614. The number of aliphatic imine (C=N–C) groups is 1. The van der Waals surface area contributed by atoms with Crippen LogP contribution in [0.1, 0.15) is 31.9 Å². The van der Waals surface area contributed by atoms with Crippen LogP contribution in [0.5, 0.6) is 11.5 Å². The minimum absolute atomic E-state index is 0.475. The van der Waals surface area contributed by atoms with E-state index in [0.717, 1.165) is 56.6 Å². The zero-order valence-corrected chi connectivity index (χ0v) is 17.1. The Kier molecular flexibility index (Phi) is 7.57. The molecule has 0 spiro atoms. The molecule has 1 aliphatic rings. The monoisotopic (exact) mass is 362 g/mol. The van der Waals surface area contributed by atoms with Crippen LogP contribution in [-0.4, -0.2) is 69.2 Å². The van der Waals surface area contributed by atoms with Crippen LogP contribution in [0.4, 0.5) is 0 Å². The molecule has 0 radical (unpaired) electrons. The van der Waals surface area contributed by atoms with Gasteiger partial charge in [0, 0.05) is 32.7 Å². The van der Waals surface area contributed by atoms with Gasteiger partial charge >= 0.3 is 0 Å². The van der Waals surface area contributed by atoms with Crippen molar-refractivity contribution in [3.05, 3.63) is 23.3 Å². The lowest BCUT2D eigenvalue weighted by molar-refractivity contribution is 0.229. The van der Waals surface area contributed by atoms with E-state index < -0.39 is 0 Å². The van der Waals surface area contributed by atoms with Gasteiger partial charge in [0.25, 0.3) is 0 Å². The molecule has 1 heterocycles.